The molecule has 12 heavy (non-hydrogen) atoms. The van der Waals surface area contributed by atoms with Crippen molar-refractivity contribution in [2.24, 2.45) is 0 Å². The number of aromatic amines is 1. The molecule has 0 aliphatic carbocycles. The summed E-state index contributed by atoms with van der Waals surface area (Å²) in [7, 11) is 0. The minimum atomic E-state index is -4.81. The average Bonchev–Trinajstić information content (AvgIpc) is 1.92. The summed E-state index contributed by atoms with van der Waals surface area (Å²) in [6.07, 6.45) is -4.24. The molecule has 1 heterocycles. The molecule has 6 heteroatoms. The molecule has 0 saturated heterocycles. The molecule has 0 bridgehead atoms. The van der Waals surface area contributed by atoms with Crippen LogP contribution in [0.4, 0.5) is 17.6 Å². The van der Waals surface area contributed by atoms with E-state index in [-0.39, 0.29) is 6.07 Å². The maximum atomic E-state index is 12.2. The molecule has 0 atom stereocenters. The number of hydrogen-bond acceptors (Lipinski definition) is 1. The number of nitrogens with one attached hydrogen (secondary N) is 1. The summed E-state index contributed by atoms with van der Waals surface area (Å²) in [5.74, 6) is -1.12. The standard InChI is InChI=1S/C6H3F4NO/c7-3-1-4(6(8,9)10)5(12)11-2-3/h1-2H,(H,11,12). The second kappa shape index (κ2) is 2.62. The topological polar surface area (TPSA) is 32.9 Å². The highest BCUT2D eigenvalue weighted by Gasteiger charge is 2.34. The molecule has 1 aromatic rings. The summed E-state index contributed by atoms with van der Waals surface area (Å²) in [6.45, 7) is 0. The largest absolute Gasteiger partial charge is 0.421 e. The summed E-state index contributed by atoms with van der Waals surface area (Å²) in [5, 5.41) is 0. The molecule has 0 saturated carbocycles. The Morgan fingerprint density at radius 3 is 2.33 bits per heavy atom. The Morgan fingerprint density at radius 2 is 1.92 bits per heavy atom. The molecule has 0 aliphatic heterocycles. The molecule has 0 aromatic carbocycles. The van der Waals surface area contributed by atoms with Crippen LogP contribution in [0.25, 0.3) is 0 Å². The third-order valence-corrected chi connectivity index (χ3v) is 1.17. The van der Waals surface area contributed by atoms with Gasteiger partial charge in [0.2, 0.25) is 0 Å². The van der Waals surface area contributed by atoms with Crippen molar-refractivity contribution in [3.8, 4) is 0 Å². The first kappa shape index (κ1) is 8.76. The number of alkyl halides is 3. The van der Waals surface area contributed by atoms with Crippen LogP contribution < -0.4 is 5.56 Å². The lowest BCUT2D eigenvalue weighted by atomic mass is 10.3. The third-order valence-electron chi connectivity index (χ3n) is 1.17. The summed E-state index contributed by atoms with van der Waals surface area (Å²) in [4.78, 5) is 12.1. The second-order valence-corrected chi connectivity index (χ2v) is 2.06. The van der Waals surface area contributed by atoms with Crippen LogP contribution in [-0.2, 0) is 6.18 Å². The molecular weight excluding hydrogens is 178 g/mol. The summed E-state index contributed by atoms with van der Waals surface area (Å²) >= 11 is 0. The number of halogens is 4. The molecular formula is C6H3F4NO. The van der Waals surface area contributed by atoms with Crippen molar-refractivity contribution in [3.05, 3.63) is 34.0 Å². The van der Waals surface area contributed by atoms with Gasteiger partial charge in [0.25, 0.3) is 5.56 Å². The molecule has 2 nitrogen and oxygen atoms in total. The van der Waals surface area contributed by atoms with E-state index in [4.69, 9.17) is 0 Å². The molecule has 0 radical (unpaired) electrons. The Morgan fingerprint density at radius 1 is 1.33 bits per heavy atom. The molecule has 1 N–H and O–H groups in total. The first-order valence-electron chi connectivity index (χ1n) is 2.86. The zero-order chi connectivity index (χ0) is 9.35. The molecule has 1 rings (SSSR count). The second-order valence-electron chi connectivity index (χ2n) is 2.06. The van der Waals surface area contributed by atoms with Gasteiger partial charge in [-0.1, -0.05) is 0 Å². The minimum Gasteiger partial charge on any atom is -0.326 e. The van der Waals surface area contributed by atoms with Crippen molar-refractivity contribution in [3.63, 3.8) is 0 Å². The van der Waals surface area contributed by atoms with Gasteiger partial charge < -0.3 is 4.98 Å². The Hall–Kier alpha value is -1.33. The van der Waals surface area contributed by atoms with Crippen LogP contribution in [0.2, 0.25) is 0 Å². The number of rotatable bonds is 0. The van der Waals surface area contributed by atoms with Crippen LogP contribution in [0.5, 0.6) is 0 Å². The van der Waals surface area contributed by atoms with Crippen molar-refractivity contribution in [2.45, 2.75) is 6.18 Å². The van der Waals surface area contributed by atoms with Crippen LogP contribution in [0.15, 0.2) is 17.1 Å². The lowest BCUT2D eigenvalue weighted by Crippen LogP contribution is -2.21. The lowest BCUT2D eigenvalue weighted by molar-refractivity contribution is -0.138. The van der Waals surface area contributed by atoms with Crippen molar-refractivity contribution in [2.75, 3.05) is 0 Å². The van der Waals surface area contributed by atoms with E-state index in [0.717, 1.165) is 0 Å². The summed E-state index contributed by atoms with van der Waals surface area (Å²) < 4.78 is 47.7. The van der Waals surface area contributed by atoms with Crippen LogP contribution in [0, 0.1) is 5.82 Å². The average molecular weight is 181 g/mol. The molecule has 0 unspecified atom stereocenters. The van der Waals surface area contributed by atoms with Crippen molar-refractivity contribution in [1.29, 1.82) is 0 Å². The van der Waals surface area contributed by atoms with E-state index < -0.39 is 23.1 Å². The van der Waals surface area contributed by atoms with Crippen LogP contribution in [0.3, 0.4) is 0 Å². The predicted octanol–water partition coefficient (Wildman–Crippen LogP) is 1.53. The highest BCUT2D eigenvalue weighted by Crippen LogP contribution is 2.26. The van der Waals surface area contributed by atoms with Gasteiger partial charge in [-0.2, -0.15) is 13.2 Å². The Kier molecular flexibility index (Phi) is 1.91. The fourth-order valence-electron chi connectivity index (χ4n) is 0.668. The Labute approximate surface area is 63.8 Å². The molecule has 66 valence electrons. The smallest absolute Gasteiger partial charge is 0.326 e. The highest BCUT2D eigenvalue weighted by molar-refractivity contribution is 5.13. The van der Waals surface area contributed by atoms with Crippen LogP contribution >= 0.6 is 0 Å². The number of hydrogen-bond donors (Lipinski definition) is 1. The van der Waals surface area contributed by atoms with Gasteiger partial charge in [-0.05, 0) is 6.07 Å². The van der Waals surface area contributed by atoms with E-state index >= 15 is 0 Å². The van der Waals surface area contributed by atoms with E-state index in [0.29, 0.717) is 6.20 Å². The lowest BCUT2D eigenvalue weighted by Gasteiger charge is -2.03. The normalized spacial score (nSPS) is 11.7. The Balaban J connectivity index is 3.33. The van der Waals surface area contributed by atoms with Gasteiger partial charge in [0.05, 0.1) is 0 Å². The Bertz CT molecular complexity index is 340. The van der Waals surface area contributed by atoms with Crippen LogP contribution in [-0.4, -0.2) is 4.98 Å². The zero-order valence-corrected chi connectivity index (χ0v) is 5.57. The van der Waals surface area contributed by atoms with E-state index in [2.05, 4.69) is 0 Å². The minimum absolute atomic E-state index is 0.152. The molecule has 0 amide bonds. The van der Waals surface area contributed by atoms with Gasteiger partial charge in [0.1, 0.15) is 11.4 Å². The first-order valence-corrected chi connectivity index (χ1v) is 2.86. The molecule has 0 spiro atoms. The monoisotopic (exact) mass is 181 g/mol. The van der Waals surface area contributed by atoms with E-state index in [9.17, 15) is 22.4 Å². The van der Waals surface area contributed by atoms with Gasteiger partial charge in [0, 0.05) is 6.20 Å². The first-order chi connectivity index (χ1) is 5.41. The number of aromatic nitrogens is 1. The summed E-state index contributed by atoms with van der Waals surface area (Å²) in [5.41, 5.74) is -2.87. The fraction of sp³-hybridized carbons (Fsp3) is 0.167. The SMILES string of the molecule is O=c1[nH]cc(F)cc1C(F)(F)F. The quantitative estimate of drug-likeness (QED) is 0.605. The summed E-state index contributed by atoms with van der Waals surface area (Å²) in [6, 6.07) is 0.152. The fourth-order valence-corrected chi connectivity index (χ4v) is 0.668. The van der Waals surface area contributed by atoms with E-state index in [1.807, 2.05) is 0 Å². The maximum absolute atomic E-state index is 12.2. The molecule has 0 fully saturated rings. The van der Waals surface area contributed by atoms with Crippen LogP contribution in [0.1, 0.15) is 5.56 Å². The van der Waals surface area contributed by atoms with E-state index in [1.165, 1.54) is 0 Å². The number of pyridine rings is 1. The maximum Gasteiger partial charge on any atom is 0.421 e. The van der Waals surface area contributed by atoms with Gasteiger partial charge >= 0.3 is 6.18 Å². The third kappa shape index (κ3) is 1.63. The molecule has 0 aliphatic rings. The van der Waals surface area contributed by atoms with Gasteiger partial charge in [-0.25, -0.2) is 4.39 Å². The van der Waals surface area contributed by atoms with Gasteiger partial charge in [-0.15, -0.1) is 0 Å². The van der Waals surface area contributed by atoms with E-state index in [1.54, 1.807) is 4.98 Å². The van der Waals surface area contributed by atoms with Crippen molar-refractivity contribution in [1.82, 2.24) is 4.98 Å². The van der Waals surface area contributed by atoms with Crippen molar-refractivity contribution >= 4 is 0 Å². The van der Waals surface area contributed by atoms with Crippen molar-refractivity contribution < 1.29 is 17.6 Å². The molecule has 1 aromatic heterocycles. The van der Waals surface area contributed by atoms with Gasteiger partial charge in [0.15, 0.2) is 0 Å². The zero-order valence-electron chi connectivity index (χ0n) is 5.57. The highest BCUT2D eigenvalue weighted by atomic mass is 19.4. The number of H-pyrrole nitrogens is 1. The predicted molar refractivity (Wildman–Crippen MR) is 32.0 cm³/mol. The van der Waals surface area contributed by atoms with Gasteiger partial charge in [-0.3, -0.25) is 4.79 Å².